The second kappa shape index (κ2) is 11.7. The number of aromatic hydroxyl groups is 1. The van der Waals surface area contributed by atoms with Gasteiger partial charge in [-0.25, -0.2) is 0 Å². The molecule has 0 aliphatic heterocycles. The lowest BCUT2D eigenvalue weighted by Gasteiger charge is -2.07. The van der Waals surface area contributed by atoms with E-state index in [0.29, 0.717) is 5.69 Å². The number of benzene rings is 2. The molecule has 1 N–H and O–H groups in total. The molecule has 0 aliphatic carbocycles. The van der Waals surface area contributed by atoms with Crippen LogP contribution in [0.4, 0.5) is 0 Å². The first-order valence-electron chi connectivity index (χ1n) is 11.9. The van der Waals surface area contributed by atoms with Gasteiger partial charge in [-0.3, -0.25) is 0 Å². The number of hydrogen-bond donors (Lipinski definition) is 1. The summed E-state index contributed by atoms with van der Waals surface area (Å²) in [5.74, 6) is 0.249. The van der Waals surface area contributed by atoms with Gasteiger partial charge in [-0.05, 0) is 61.1 Å². The minimum absolute atomic E-state index is 0.249. The molecule has 0 bridgehead atoms. The lowest BCUT2D eigenvalue weighted by molar-refractivity contribution is 0.466. The molecule has 162 valence electrons. The first kappa shape index (κ1) is 22.3. The van der Waals surface area contributed by atoms with Gasteiger partial charge in [-0.2, -0.15) is 0 Å². The predicted octanol–water partition coefficient (Wildman–Crippen LogP) is 7.15. The molecule has 0 saturated heterocycles. The number of unbranched alkanes of at least 4 members (excludes halogenated alkanes) is 8. The van der Waals surface area contributed by atoms with Crippen LogP contribution < -0.4 is 0 Å². The molecule has 0 unspecified atom stereocenters. The molecule has 3 aromatic rings. The van der Waals surface area contributed by atoms with Crippen LogP contribution in [0.1, 0.15) is 89.2 Å². The van der Waals surface area contributed by atoms with E-state index >= 15 is 0 Å². The zero-order valence-corrected chi connectivity index (χ0v) is 18.7. The highest BCUT2D eigenvalue weighted by Gasteiger charge is 2.10. The van der Waals surface area contributed by atoms with Gasteiger partial charge in [0, 0.05) is 0 Å². The molecule has 1 aromatic heterocycles. The Bertz CT molecular complexity index is 916. The highest BCUT2D eigenvalue weighted by atomic mass is 16.3. The highest BCUT2D eigenvalue weighted by Crippen LogP contribution is 2.25. The van der Waals surface area contributed by atoms with E-state index in [0.717, 1.165) is 23.9 Å². The lowest BCUT2D eigenvalue weighted by atomic mass is 10.0. The molecule has 0 radical (unpaired) electrons. The SMILES string of the molecule is CCCCCCCCCCc1ccc(-n2nc3ccc(CCCC)cc3n2)c(O)c1. The highest BCUT2D eigenvalue weighted by molar-refractivity contribution is 5.75. The number of aryl methyl sites for hydroxylation is 2. The third-order valence-corrected chi connectivity index (χ3v) is 5.84. The van der Waals surface area contributed by atoms with Gasteiger partial charge in [-0.15, -0.1) is 15.0 Å². The fourth-order valence-electron chi connectivity index (χ4n) is 3.96. The molecule has 0 fully saturated rings. The topological polar surface area (TPSA) is 50.9 Å². The summed E-state index contributed by atoms with van der Waals surface area (Å²) in [5.41, 5.74) is 4.85. The van der Waals surface area contributed by atoms with Crippen molar-refractivity contribution in [3.8, 4) is 11.4 Å². The van der Waals surface area contributed by atoms with Crippen molar-refractivity contribution in [2.45, 2.75) is 90.9 Å². The average molecular weight is 408 g/mol. The molecule has 0 atom stereocenters. The molecule has 0 amide bonds. The van der Waals surface area contributed by atoms with Crippen LogP contribution in [-0.2, 0) is 12.8 Å². The van der Waals surface area contributed by atoms with Crippen molar-refractivity contribution in [1.82, 2.24) is 15.0 Å². The number of hydrogen-bond acceptors (Lipinski definition) is 3. The number of nitrogens with zero attached hydrogens (tertiary/aromatic N) is 3. The van der Waals surface area contributed by atoms with Crippen molar-refractivity contribution in [3.63, 3.8) is 0 Å². The average Bonchev–Trinajstić information content (AvgIpc) is 3.17. The van der Waals surface area contributed by atoms with E-state index in [9.17, 15) is 5.11 Å². The van der Waals surface area contributed by atoms with Crippen molar-refractivity contribution in [2.24, 2.45) is 0 Å². The van der Waals surface area contributed by atoms with E-state index in [1.54, 1.807) is 4.80 Å². The molecule has 4 nitrogen and oxygen atoms in total. The van der Waals surface area contributed by atoms with Crippen LogP contribution in [0, 0.1) is 0 Å². The van der Waals surface area contributed by atoms with Gasteiger partial charge in [0.15, 0.2) is 0 Å². The summed E-state index contributed by atoms with van der Waals surface area (Å²) in [6.07, 6.45) is 15.0. The molecule has 0 saturated carbocycles. The Hall–Kier alpha value is -2.36. The summed E-state index contributed by atoms with van der Waals surface area (Å²) in [5, 5.41) is 19.7. The molecule has 3 rings (SSSR count). The second-order valence-corrected chi connectivity index (χ2v) is 8.46. The van der Waals surface area contributed by atoms with Gasteiger partial charge < -0.3 is 5.11 Å². The van der Waals surface area contributed by atoms with Crippen molar-refractivity contribution >= 4 is 11.0 Å². The Labute approximate surface area is 181 Å². The quantitative estimate of drug-likeness (QED) is 0.306. The fraction of sp³-hybridized carbons (Fsp3) is 0.538. The van der Waals surface area contributed by atoms with Crippen LogP contribution in [0.3, 0.4) is 0 Å². The van der Waals surface area contributed by atoms with Crippen LogP contribution in [0.2, 0.25) is 0 Å². The minimum atomic E-state index is 0.249. The van der Waals surface area contributed by atoms with Crippen LogP contribution in [0.25, 0.3) is 16.7 Å². The summed E-state index contributed by atoms with van der Waals surface area (Å²) >= 11 is 0. The number of fused-ring (bicyclic) bond motifs is 1. The zero-order valence-electron chi connectivity index (χ0n) is 18.7. The van der Waals surface area contributed by atoms with E-state index in [1.165, 1.54) is 75.3 Å². The number of aromatic nitrogens is 3. The van der Waals surface area contributed by atoms with E-state index < -0.39 is 0 Å². The van der Waals surface area contributed by atoms with Crippen LogP contribution in [-0.4, -0.2) is 20.1 Å². The van der Waals surface area contributed by atoms with Crippen LogP contribution in [0.15, 0.2) is 36.4 Å². The normalized spacial score (nSPS) is 11.4. The molecule has 4 heteroatoms. The maximum Gasteiger partial charge on any atom is 0.143 e. The third-order valence-electron chi connectivity index (χ3n) is 5.84. The fourth-order valence-corrected chi connectivity index (χ4v) is 3.96. The smallest absolute Gasteiger partial charge is 0.143 e. The Morgan fingerprint density at radius 3 is 2.00 bits per heavy atom. The summed E-state index contributed by atoms with van der Waals surface area (Å²) < 4.78 is 0. The first-order valence-corrected chi connectivity index (χ1v) is 11.9. The number of phenolic OH excluding ortho intramolecular Hbond substituents is 1. The van der Waals surface area contributed by atoms with E-state index in [-0.39, 0.29) is 5.75 Å². The summed E-state index contributed by atoms with van der Waals surface area (Å²) in [4.78, 5) is 1.56. The van der Waals surface area contributed by atoms with Crippen LogP contribution >= 0.6 is 0 Å². The summed E-state index contributed by atoms with van der Waals surface area (Å²) in [7, 11) is 0. The number of phenols is 1. The standard InChI is InChI=1S/C26H37N3O/c1-3-5-7-8-9-10-11-12-14-22-16-18-25(26(30)20-22)29-27-23-17-15-21(13-6-4-2)19-24(23)28-29/h15-20,30H,3-14H2,1-2H3. The van der Waals surface area contributed by atoms with Gasteiger partial charge >= 0.3 is 0 Å². The largest absolute Gasteiger partial charge is 0.506 e. The molecular formula is C26H37N3O. The Kier molecular flexibility index (Phi) is 8.73. The predicted molar refractivity (Wildman–Crippen MR) is 125 cm³/mol. The van der Waals surface area contributed by atoms with Crippen LogP contribution in [0.5, 0.6) is 5.75 Å². The lowest BCUT2D eigenvalue weighted by Crippen LogP contribution is -1.99. The Balaban J connectivity index is 1.55. The number of rotatable bonds is 13. The molecular weight excluding hydrogens is 370 g/mol. The molecule has 0 aliphatic rings. The first-order chi connectivity index (χ1) is 14.7. The summed E-state index contributed by atoms with van der Waals surface area (Å²) in [6.45, 7) is 4.46. The van der Waals surface area contributed by atoms with Crippen molar-refractivity contribution < 1.29 is 5.11 Å². The van der Waals surface area contributed by atoms with E-state index in [4.69, 9.17) is 0 Å². The monoisotopic (exact) mass is 407 g/mol. The van der Waals surface area contributed by atoms with Crippen molar-refractivity contribution in [1.29, 1.82) is 0 Å². The third kappa shape index (κ3) is 6.32. The Morgan fingerprint density at radius 2 is 1.27 bits per heavy atom. The molecule has 0 spiro atoms. The van der Waals surface area contributed by atoms with Gasteiger partial charge in [0.1, 0.15) is 22.5 Å². The maximum absolute atomic E-state index is 10.6. The molecule has 2 aromatic carbocycles. The van der Waals surface area contributed by atoms with Gasteiger partial charge in [0.25, 0.3) is 0 Å². The van der Waals surface area contributed by atoms with Gasteiger partial charge in [0.05, 0.1) is 0 Å². The Morgan fingerprint density at radius 1 is 0.667 bits per heavy atom. The van der Waals surface area contributed by atoms with E-state index in [2.05, 4.69) is 42.2 Å². The zero-order chi connectivity index (χ0) is 21.2. The molecule has 30 heavy (non-hydrogen) atoms. The van der Waals surface area contributed by atoms with E-state index in [1.807, 2.05) is 18.2 Å². The maximum atomic E-state index is 10.6. The van der Waals surface area contributed by atoms with Gasteiger partial charge in [-0.1, -0.05) is 77.3 Å². The second-order valence-electron chi connectivity index (χ2n) is 8.46. The van der Waals surface area contributed by atoms with Gasteiger partial charge in [0.2, 0.25) is 0 Å². The van der Waals surface area contributed by atoms with Crippen molar-refractivity contribution in [2.75, 3.05) is 0 Å². The minimum Gasteiger partial charge on any atom is -0.506 e. The molecule has 1 heterocycles. The summed E-state index contributed by atoms with van der Waals surface area (Å²) in [6, 6.07) is 12.2. The van der Waals surface area contributed by atoms with Crippen molar-refractivity contribution in [3.05, 3.63) is 47.5 Å².